The van der Waals surface area contributed by atoms with Crippen molar-refractivity contribution in [2.45, 2.75) is 19.8 Å². The van der Waals surface area contributed by atoms with E-state index in [1.165, 1.54) is 6.07 Å². The van der Waals surface area contributed by atoms with Crippen molar-refractivity contribution in [2.75, 3.05) is 7.11 Å². The highest BCUT2D eigenvalue weighted by molar-refractivity contribution is 9.10. The summed E-state index contributed by atoms with van der Waals surface area (Å²) < 4.78 is 6.08. The highest BCUT2D eigenvalue weighted by Crippen LogP contribution is 2.26. The van der Waals surface area contributed by atoms with Crippen molar-refractivity contribution in [3.63, 3.8) is 0 Å². The summed E-state index contributed by atoms with van der Waals surface area (Å²) >= 11 is 3.45. The van der Waals surface area contributed by atoms with Gasteiger partial charge in [-0.25, -0.2) is 4.98 Å². The van der Waals surface area contributed by atoms with Crippen molar-refractivity contribution < 1.29 is 4.74 Å². The molecule has 0 atom stereocenters. The van der Waals surface area contributed by atoms with Gasteiger partial charge in [0.2, 0.25) is 0 Å². The summed E-state index contributed by atoms with van der Waals surface area (Å²) in [5.41, 5.74) is 1.51. The van der Waals surface area contributed by atoms with Crippen LogP contribution in [-0.2, 0) is 0 Å². The predicted octanol–water partition coefficient (Wildman–Crippen LogP) is 3.83. The van der Waals surface area contributed by atoms with Gasteiger partial charge in [0, 0.05) is 12.0 Å². The van der Waals surface area contributed by atoms with Gasteiger partial charge in [-0.2, -0.15) is 0 Å². The van der Waals surface area contributed by atoms with Gasteiger partial charge >= 0.3 is 0 Å². The van der Waals surface area contributed by atoms with E-state index >= 15 is 0 Å². The van der Waals surface area contributed by atoms with Gasteiger partial charge in [0.1, 0.15) is 11.6 Å². The first-order chi connectivity index (χ1) is 9.99. The van der Waals surface area contributed by atoms with Gasteiger partial charge in [0.25, 0.3) is 5.56 Å². The Morgan fingerprint density at radius 3 is 2.67 bits per heavy atom. The normalized spacial score (nSPS) is 11.3. The molecule has 2 rings (SSSR count). The minimum Gasteiger partial charge on any atom is -0.496 e. The molecule has 0 saturated carbocycles. The van der Waals surface area contributed by atoms with E-state index in [1.54, 1.807) is 7.11 Å². The highest BCUT2D eigenvalue weighted by Gasteiger charge is 2.04. The molecule has 1 heterocycles. The molecular formula is C16H17BrN2O2. The van der Waals surface area contributed by atoms with Crippen LogP contribution < -0.4 is 10.3 Å². The number of aromatic amines is 1. The third kappa shape index (κ3) is 4.04. The average Bonchev–Trinajstić information content (AvgIpc) is 2.44. The Morgan fingerprint density at radius 1 is 1.29 bits per heavy atom. The molecule has 0 aliphatic heterocycles. The topological polar surface area (TPSA) is 55.0 Å². The highest BCUT2D eigenvalue weighted by atomic mass is 79.9. The number of rotatable bonds is 4. The van der Waals surface area contributed by atoms with Crippen LogP contribution >= 0.6 is 15.9 Å². The Morgan fingerprint density at radius 2 is 2.05 bits per heavy atom. The summed E-state index contributed by atoms with van der Waals surface area (Å²) in [5.74, 6) is 1.66. The van der Waals surface area contributed by atoms with E-state index in [1.807, 2.05) is 44.2 Å². The monoisotopic (exact) mass is 348 g/mol. The van der Waals surface area contributed by atoms with E-state index in [0.29, 0.717) is 11.5 Å². The molecule has 0 radical (unpaired) electrons. The molecule has 2 aromatic rings. The molecule has 0 saturated heterocycles. The number of benzene rings is 1. The lowest BCUT2D eigenvalue weighted by atomic mass is 10.2. The van der Waals surface area contributed by atoms with Crippen LogP contribution in [0.15, 0.2) is 33.5 Å². The van der Waals surface area contributed by atoms with Crippen LogP contribution in [0.5, 0.6) is 5.75 Å². The maximum absolute atomic E-state index is 11.6. The average molecular weight is 349 g/mol. The fourth-order valence-electron chi connectivity index (χ4n) is 1.82. The van der Waals surface area contributed by atoms with Crippen LogP contribution in [0.3, 0.4) is 0 Å². The first-order valence-electron chi connectivity index (χ1n) is 6.62. The Labute approximate surface area is 132 Å². The number of hydrogen-bond donors (Lipinski definition) is 1. The van der Waals surface area contributed by atoms with E-state index < -0.39 is 0 Å². The molecule has 5 heteroatoms. The number of halogens is 1. The molecule has 0 bridgehead atoms. The second kappa shape index (κ2) is 6.72. The number of hydrogen-bond acceptors (Lipinski definition) is 3. The lowest BCUT2D eigenvalue weighted by molar-refractivity contribution is 0.412. The SMILES string of the molecule is COc1ccc(/C=C/c2cc(=O)[nH]c(C(C)C)n2)cc1Br. The zero-order valence-corrected chi connectivity index (χ0v) is 13.8. The number of nitrogens with one attached hydrogen (secondary N) is 1. The minimum atomic E-state index is -0.135. The number of ether oxygens (including phenoxy) is 1. The molecule has 110 valence electrons. The van der Waals surface area contributed by atoms with Crippen molar-refractivity contribution in [1.82, 2.24) is 9.97 Å². The molecule has 0 aliphatic carbocycles. The van der Waals surface area contributed by atoms with Crippen molar-refractivity contribution in [2.24, 2.45) is 0 Å². The van der Waals surface area contributed by atoms with E-state index in [-0.39, 0.29) is 11.5 Å². The summed E-state index contributed by atoms with van der Waals surface area (Å²) in [4.78, 5) is 18.8. The molecule has 0 fully saturated rings. The predicted molar refractivity (Wildman–Crippen MR) is 88.6 cm³/mol. The van der Waals surface area contributed by atoms with Gasteiger partial charge in [-0.3, -0.25) is 4.79 Å². The van der Waals surface area contributed by atoms with Crippen LogP contribution in [0.25, 0.3) is 12.2 Å². The van der Waals surface area contributed by atoms with Crippen molar-refractivity contribution in [3.8, 4) is 5.75 Å². The lowest BCUT2D eigenvalue weighted by Gasteiger charge is -2.05. The fourth-order valence-corrected chi connectivity index (χ4v) is 2.38. The van der Waals surface area contributed by atoms with Crippen LogP contribution in [0, 0.1) is 0 Å². The van der Waals surface area contributed by atoms with Gasteiger partial charge in [0.15, 0.2) is 0 Å². The molecule has 0 unspecified atom stereocenters. The zero-order chi connectivity index (χ0) is 15.4. The van der Waals surface area contributed by atoms with Crippen LogP contribution in [0.1, 0.15) is 36.8 Å². The largest absolute Gasteiger partial charge is 0.496 e. The molecule has 4 nitrogen and oxygen atoms in total. The zero-order valence-electron chi connectivity index (χ0n) is 12.2. The number of nitrogens with zero attached hydrogens (tertiary/aromatic N) is 1. The smallest absolute Gasteiger partial charge is 0.251 e. The maximum atomic E-state index is 11.6. The lowest BCUT2D eigenvalue weighted by Crippen LogP contribution is -2.12. The summed E-state index contributed by atoms with van der Waals surface area (Å²) in [6.45, 7) is 3.98. The quantitative estimate of drug-likeness (QED) is 0.913. The van der Waals surface area contributed by atoms with Gasteiger partial charge in [0.05, 0.1) is 17.3 Å². The molecule has 0 amide bonds. The second-order valence-electron chi connectivity index (χ2n) is 4.94. The molecular weight excluding hydrogens is 332 g/mol. The molecule has 0 spiro atoms. The Bertz CT molecular complexity index is 720. The summed E-state index contributed by atoms with van der Waals surface area (Å²) in [6.07, 6.45) is 3.74. The van der Waals surface area contributed by atoms with Crippen LogP contribution in [0.4, 0.5) is 0 Å². The minimum absolute atomic E-state index is 0.135. The van der Waals surface area contributed by atoms with Gasteiger partial charge in [-0.15, -0.1) is 0 Å². The van der Waals surface area contributed by atoms with E-state index in [4.69, 9.17) is 4.74 Å². The number of methoxy groups -OCH3 is 1. The van der Waals surface area contributed by atoms with E-state index in [2.05, 4.69) is 25.9 Å². The Balaban J connectivity index is 2.29. The van der Waals surface area contributed by atoms with Crippen molar-refractivity contribution in [1.29, 1.82) is 0 Å². The van der Waals surface area contributed by atoms with Crippen LogP contribution in [-0.4, -0.2) is 17.1 Å². The molecule has 1 aromatic carbocycles. The van der Waals surface area contributed by atoms with Crippen LogP contribution in [0.2, 0.25) is 0 Å². The first kappa shape index (κ1) is 15.5. The second-order valence-corrected chi connectivity index (χ2v) is 5.79. The van der Waals surface area contributed by atoms with E-state index in [9.17, 15) is 4.79 Å². The number of aromatic nitrogens is 2. The van der Waals surface area contributed by atoms with Gasteiger partial charge < -0.3 is 9.72 Å². The first-order valence-corrected chi connectivity index (χ1v) is 7.42. The van der Waals surface area contributed by atoms with Crippen molar-refractivity contribution >= 4 is 28.1 Å². The fraction of sp³-hybridized carbons (Fsp3) is 0.250. The molecule has 0 aliphatic rings. The van der Waals surface area contributed by atoms with Crippen molar-refractivity contribution in [3.05, 3.63) is 56.2 Å². The molecule has 21 heavy (non-hydrogen) atoms. The number of H-pyrrole nitrogens is 1. The standard InChI is InChI=1S/C16H17BrN2O2/c1-10(2)16-18-12(9-15(20)19-16)6-4-11-5-7-14(21-3)13(17)8-11/h4-10H,1-3H3,(H,18,19,20)/b6-4+. The van der Waals surface area contributed by atoms with Gasteiger partial charge in [-0.1, -0.05) is 26.0 Å². The maximum Gasteiger partial charge on any atom is 0.251 e. The third-order valence-electron chi connectivity index (χ3n) is 2.95. The third-order valence-corrected chi connectivity index (χ3v) is 3.57. The Hall–Kier alpha value is -1.88. The summed E-state index contributed by atoms with van der Waals surface area (Å²) in [6, 6.07) is 7.26. The molecule has 1 aromatic heterocycles. The van der Waals surface area contributed by atoms with Gasteiger partial charge in [-0.05, 0) is 39.7 Å². The summed E-state index contributed by atoms with van der Waals surface area (Å²) in [5, 5.41) is 0. The van der Waals surface area contributed by atoms with E-state index in [0.717, 1.165) is 15.8 Å². The molecule has 1 N–H and O–H groups in total. The Kier molecular flexibility index (Phi) is 4.96. The summed E-state index contributed by atoms with van der Waals surface area (Å²) in [7, 11) is 1.63.